The van der Waals surface area contributed by atoms with Crippen molar-refractivity contribution in [2.24, 2.45) is 11.3 Å². The van der Waals surface area contributed by atoms with Crippen LogP contribution >= 0.6 is 0 Å². The minimum absolute atomic E-state index is 0.391. The molecule has 1 aromatic rings. The number of benzene rings is 1. The molecule has 2 atom stereocenters. The minimum Gasteiger partial charge on any atom is -0.495 e. The van der Waals surface area contributed by atoms with E-state index >= 15 is 0 Å². The molecule has 1 aliphatic carbocycles. The Balaban J connectivity index is 2.10. The van der Waals surface area contributed by atoms with Crippen LogP contribution in [0.2, 0.25) is 0 Å². The molecular weight excluding hydrogens is 260 g/mol. The number of para-hydroxylation sites is 2. The fraction of sp³-hybridized carbons (Fsp3) is 0.667. The van der Waals surface area contributed by atoms with Gasteiger partial charge in [-0.3, -0.25) is 0 Å². The molecule has 1 N–H and O–H groups in total. The van der Waals surface area contributed by atoms with E-state index in [1.807, 2.05) is 12.1 Å². The Morgan fingerprint density at radius 1 is 1.33 bits per heavy atom. The molecule has 0 aromatic heterocycles. The van der Waals surface area contributed by atoms with Crippen molar-refractivity contribution in [1.29, 1.82) is 0 Å². The lowest BCUT2D eigenvalue weighted by molar-refractivity contribution is 0.253. The number of methoxy groups -OCH3 is 1. The predicted molar refractivity (Wildman–Crippen MR) is 90.2 cm³/mol. The molecule has 118 valence electrons. The van der Waals surface area contributed by atoms with Gasteiger partial charge in [0.15, 0.2) is 0 Å². The average Bonchev–Trinajstić information content (AvgIpc) is 2.75. The Hall–Kier alpha value is -1.22. The lowest BCUT2D eigenvalue weighted by Crippen LogP contribution is -2.45. The molecule has 0 bridgehead atoms. The molecule has 2 unspecified atom stereocenters. The van der Waals surface area contributed by atoms with Crippen LogP contribution in [0.4, 0.5) is 5.69 Å². The third-order valence-electron chi connectivity index (χ3n) is 4.90. The van der Waals surface area contributed by atoms with E-state index in [2.05, 4.69) is 50.2 Å². The van der Waals surface area contributed by atoms with Crippen molar-refractivity contribution in [2.75, 3.05) is 32.1 Å². The number of hydrogen-bond acceptors (Lipinski definition) is 3. The van der Waals surface area contributed by atoms with E-state index in [9.17, 15) is 0 Å². The quantitative estimate of drug-likeness (QED) is 0.867. The Labute approximate surface area is 129 Å². The van der Waals surface area contributed by atoms with Gasteiger partial charge in [0.2, 0.25) is 0 Å². The Bertz CT molecular complexity index is 458. The van der Waals surface area contributed by atoms with Gasteiger partial charge in [0.25, 0.3) is 0 Å². The molecule has 0 spiro atoms. The van der Waals surface area contributed by atoms with Crippen LogP contribution in [0.15, 0.2) is 24.3 Å². The Kier molecular flexibility index (Phi) is 5.15. The first-order valence-electron chi connectivity index (χ1n) is 8.07. The minimum atomic E-state index is 0.391. The number of rotatable bonds is 6. The largest absolute Gasteiger partial charge is 0.495 e. The molecular formula is C18H30N2O. The van der Waals surface area contributed by atoms with Crippen LogP contribution in [0.5, 0.6) is 5.75 Å². The van der Waals surface area contributed by atoms with Crippen LogP contribution in [-0.4, -0.2) is 33.3 Å². The molecule has 0 aliphatic heterocycles. The average molecular weight is 290 g/mol. The summed E-state index contributed by atoms with van der Waals surface area (Å²) >= 11 is 0. The zero-order valence-corrected chi connectivity index (χ0v) is 14.1. The van der Waals surface area contributed by atoms with E-state index in [-0.39, 0.29) is 0 Å². The van der Waals surface area contributed by atoms with Gasteiger partial charge in [0.05, 0.1) is 12.8 Å². The molecule has 1 aliphatic rings. The molecule has 3 heteroatoms. The van der Waals surface area contributed by atoms with Crippen molar-refractivity contribution < 1.29 is 4.74 Å². The summed E-state index contributed by atoms with van der Waals surface area (Å²) in [6.45, 7) is 9.10. The van der Waals surface area contributed by atoms with Crippen molar-refractivity contribution in [3.63, 3.8) is 0 Å². The van der Waals surface area contributed by atoms with E-state index in [1.54, 1.807) is 7.11 Å². The highest BCUT2D eigenvalue weighted by Crippen LogP contribution is 2.42. The van der Waals surface area contributed by atoms with Crippen LogP contribution in [0.25, 0.3) is 0 Å². The van der Waals surface area contributed by atoms with E-state index in [1.165, 1.54) is 18.5 Å². The molecule has 0 radical (unpaired) electrons. The van der Waals surface area contributed by atoms with Crippen LogP contribution in [0.3, 0.4) is 0 Å². The van der Waals surface area contributed by atoms with Gasteiger partial charge >= 0.3 is 0 Å². The first-order chi connectivity index (χ1) is 9.99. The normalized spacial score (nSPS) is 24.0. The summed E-state index contributed by atoms with van der Waals surface area (Å²) in [5.74, 6) is 1.65. The molecule has 2 rings (SSSR count). The van der Waals surface area contributed by atoms with Gasteiger partial charge < -0.3 is 15.0 Å². The standard InChI is InChI=1S/C18H30N2O/c1-6-19-17-14(11-12-18(17,2)3)13-20(4)15-9-7-8-10-16(15)21-5/h7-10,14,17,19H,6,11-13H2,1-5H3. The summed E-state index contributed by atoms with van der Waals surface area (Å²) in [5.41, 5.74) is 1.57. The lowest BCUT2D eigenvalue weighted by Gasteiger charge is -2.34. The van der Waals surface area contributed by atoms with Gasteiger partial charge in [0.1, 0.15) is 5.75 Å². The molecule has 0 saturated heterocycles. The lowest BCUT2D eigenvalue weighted by atomic mass is 9.84. The topological polar surface area (TPSA) is 24.5 Å². The molecule has 21 heavy (non-hydrogen) atoms. The van der Waals surface area contributed by atoms with Gasteiger partial charge in [-0.2, -0.15) is 0 Å². The third kappa shape index (κ3) is 3.52. The molecule has 3 nitrogen and oxygen atoms in total. The summed E-state index contributed by atoms with van der Waals surface area (Å²) in [4.78, 5) is 2.34. The Morgan fingerprint density at radius 2 is 2.05 bits per heavy atom. The monoisotopic (exact) mass is 290 g/mol. The smallest absolute Gasteiger partial charge is 0.142 e. The predicted octanol–water partition coefficient (Wildman–Crippen LogP) is 3.55. The summed E-state index contributed by atoms with van der Waals surface area (Å²) in [6.07, 6.45) is 2.60. The van der Waals surface area contributed by atoms with Gasteiger partial charge in [-0.1, -0.05) is 32.9 Å². The molecule has 1 fully saturated rings. The summed E-state index contributed by atoms with van der Waals surface area (Å²) in [6, 6.07) is 8.87. The van der Waals surface area contributed by atoms with Crippen LogP contribution in [0.1, 0.15) is 33.6 Å². The van der Waals surface area contributed by atoms with E-state index < -0.39 is 0 Å². The fourth-order valence-corrected chi connectivity index (χ4v) is 3.77. The number of nitrogens with one attached hydrogen (secondary N) is 1. The van der Waals surface area contributed by atoms with Gasteiger partial charge in [-0.05, 0) is 42.9 Å². The van der Waals surface area contributed by atoms with Gasteiger partial charge in [-0.25, -0.2) is 0 Å². The van der Waals surface area contributed by atoms with E-state index in [0.717, 1.165) is 18.8 Å². The second-order valence-corrected chi connectivity index (χ2v) is 6.88. The summed E-state index contributed by atoms with van der Waals surface area (Å²) in [5, 5.41) is 3.71. The highest BCUT2D eigenvalue weighted by atomic mass is 16.5. The second kappa shape index (κ2) is 6.69. The van der Waals surface area contributed by atoms with Crippen LogP contribution in [-0.2, 0) is 0 Å². The van der Waals surface area contributed by atoms with E-state index in [0.29, 0.717) is 17.4 Å². The maximum absolute atomic E-state index is 5.49. The van der Waals surface area contributed by atoms with Crippen molar-refractivity contribution in [3.05, 3.63) is 24.3 Å². The van der Waals surface area contributed by atoms with Crippen molar-refractivity contribution in [1.82, 2.24) is 5.32 Å². The maximum Gasteiger partial charge on any atom is 0.142 e. The molecule has 0 amide bonds. The van der Waals surface area contributed by atoms with Crippen molar-refractivity contribution in [2.45, 2.75) is 39.7 Å². The highest BCUT2D eigenvalue weighted by molar-refractivity contribution is 5.57. The summed E-state index contributed by atoms with van der Waals surface area (Å²) < 4.78 is 5.49. The second-order valence-electron chi connectivity index (χ2n) is 6.88. The van der Waals surface area contributed by atoms with Gasteiger partial charge in [-0.15, -0.1) is 0 Å². The van der Waals surface area contributed by atoms with E-state index in [4.69, 9.17) is 4.74 Å². The van der Waals surface area contributed by atoms with Crippen molar-refractivity contribution in [3.8, 4) is 5.75 Å². The first-order valence-corrected chi connectivity index (χ1v) is 8.07. The highest BCUT2D eigenvalue weighted by Gasteiger charge is 2.41. The Morgan fingerprint density at radius 3 is 2.71 bits per heavy atom. The zero-order chi connectivity index (χ0) is 15.5. The molecule has 0 heterocycles. The molecule has 1 aromatic carbocycles. The SMILES string of the molecule is CCNC1C(CN(C)c2ccccc2OC)CCC1(C)C. The number of nitrogens with zero attached hydrogens (tertiary/aromatic N) is 1. The zero-order valence-electron chi connectivity index (χ0n) is 14.1. The maximum atomic E-state index is 5.49. The molecule has 1 saturated carbocycles. The number of anilines is 1. The number of ether oxygens (including phenoxy) is 1. The van der Waals surface area contributed by atoms with Crippen LogP contribution in [0, 0.1) is 11.3 Å². The van der Waals surface area contributed by atoms with Gasteiger partial charge in [0, 0.05) is 19.6 Å². The van der Waals surface area contributed by atoms with Crippen LogP contribution < -0.4 is 15.0 Å². The van der Waals surface area contributed by atoms with Crippen molar-refractivity contribution >= 4 is 5.69 Å². The number of hydrogen-bond donors (Lipinski definition) is 1. The third-order valence-corrected chi connectivity index (χ3v) is 4.90. The first kappa shape index (κ1) is 16.2. The summed E-state index contributed by atoms with van der Waals surface area (Å²) in [7, 11) is 3.92. The fourth-order valence-electron chi connectivity index (χ4n) is 3.77.